The molecule has 0 amide bonds. The Morgan fingerprint density at radius 2 is 1.56 bits per heavy atom. The van der Waals surface area contributed by atoms with E-state index in [4.69, 9.17) is 0 Å². The van der Waals surface area contributed by atoms with Gasteiger partial charge in [-0.05, 0) is 41.5 Å². The molecule has 2 aromatic carbocycles. The molecule has 0 heterocycles. The summed E-state index contributed by atoms with van der Waals surface area (Å²) in [5, 5.41) is 9.89. The van der Waals surface area contributed by atoms with E-state index in [-0.39, 0.29) is 0 Å². The van der Waals surface area contributed by atoms with Crippen LogP contribution in [0.15, 0.2) is 48.5 Å². The van der Waals surface area contributed by atoms with Crippen molar-refractivity contribution < 1.29 is 5.11 Å². The summed E-state index contributed by atoms with van der Waals surface area (Å²) in [5.74, 6) is 0.734. The van der Waals surface area contributed by atoms with Crippen molar-refractivity contribution >= 4 is 0 Å². The molecule has 0 spiro atoms. The highest BCUT2D eigenvalue weighted by atomic mass is 16.3. The third kappa shape index (κ3) is 2.73. The Morgan fingerprint density at radius 3 is 2.22 bits per heavy atom. The zero-order valence-corrected chi connectivity index (χ0v) is 11.1. The molecule has 1 nitrogen and oxygen atoms in total. The zero-order chi connectivity index (χ0) is 13.0. The van der Waals surface area contributed by atoms with Gasteiger partial charge < -0.3 is 5.11 Å². The van der Waals surface area contributed by atoms with E-state index in [1.54, 1.807) is 6.07 Å². The molecular weight excluding hydrogens is 220 g/mol. The molecular formula is C17H20O. The van der Waals surface area contributed by atoms with Crippen LogP contribution >= 0.6 is 0 Å². The SMILES string of the molecule is CCc1ccccc1CC(C)c1ccccc1O. The van der Waals surface area contributed by atoms with Crippen LogP contribution in [-0.2, 0) is 12.8 Å². The first kappa shape index (κ1) is 12.7. The van der Waals surface area contributed by atoms with E-state index in [0.717, 1.165) is 18.4 Å². The molecule has 2 aromatic rings. The molecule has 18 heavy (non-hydrogen) atoms. The molecule has 1 heteroatoms. The van der Waals surface area contributed by atoms with Crippen LogP contribution in [0, 0.1) is 0 Å². The standard InChI is InChI=1S/C17H20O/c1-3-14-8-4-5-9-15(14)12-13(2)16-10-6-7-11-17(16)18/h4-11,13,18H,3,12H2,1-2H3. The summed E-state index contributed by atoms with van der Waals surface area (Å²) >= 11 is 0. The molecule has 0 fully saturated rings. The first-order chi connectivity index (χ1) is 8.72. The van der Waals surface area contributed by atoms with Gasteiger partial charge in [0.25, 0.3) is 0 Å². The lowest BCUT2D eigenvalue weighted by Gasteiger charge is -2.15. The predicted molar refractivity (Wildman–Crippen MR) is 76.0 cm³/mol. The molecule has 0 bridgehead atoms. The van der Waals surface area contributed by atoms with Gasteiger partial charge in [0.1, 0.15) is 5.75 Å². The molecule has 0 aliphatic heterocycles. The smallest absolute Gasteiger partial charge is 0.119 e. The van der Waals surface area contributed by atoms with Crippen molar-refractivity contribution in [3.05, 3.63) is 65.2 Å². The van der Waals surface area contributed by atoms with Crippen molar-refractivity contribution in [3.8, 4) is 5.75 Å². The number of benzene rings is 2. The number of aryl methyl sites for hydroxylation is 1. The van der Waals surface area contributed by atoms with Gasteiger partial charge in [0, 0.05) is 0 Å². The van der Waals surface area contributed by atoms with Gasteiger partial charge in [-0.1, -0.05) is 56.3 Å². The van der Waals surface area contributed by atoms with Crippen molar-refractivity contribution in [3.63, 3.8) is 0 Å². The van der Waals surface area contributed by atoms with Gasteiger partial charge in [0.05, 0.1) is 0 Å². The van der Waals surface area contributed by atoms with Gasteiger partial charge in [-0.15, -0.1) is 0 Å². The van der Waals surface area contributed by atoms with Crippen LogP contribution in [-0.4, -0.2) is 5.11 Å². The largest absolute Gasteiger partial charge is 0.508 e. The minimum atomic E-state index is 0.332. The van der Waals surface area contributed by atoms with Crippen LogP contribution in [0.3, 0.4) is 0 Å². The van der Waals surface area contributed by atoms with Gasteiger partial charge in [0.2, 0.25) is 0 Å². The molecule has 0 aliphatic carbocycles. The van der Waals surface area contributed by atoms with Crippen molar-refractivity contribution in [2.45, 2.75) is 32.6 Å². The third-order valence-corrected chi connectivity index (χ3v) is 3.49. The number of hydrogen-bond acceptors (Lipinski definition) is 1. The van der Waals surface area contributed by atoms with E-state index in [1.807, 2.05) is 18.2 Å². The number of phenolic OH excluding ortho intramolecular Hbond substituents is 1. The maximum absolute atomic E-state index is 9.89. The normalized spacial score (nSPS) is 12.3. The molecule has 1 atom stereocenters. The number of hydrogen-bond donors (Lipinski definition) is 1. The predicted octanol–water partition coefficient (Wildman–Crippen LogP) is 4.30. The third-order valence-electron chi connectivity index (χ3n) is 3.49. The molecule has 0 radical (unpaired) electrons. The van der Waals surface area contributed by atoms with Crippen LogP contribution < -0.4 is 0 Å². The maximum atomic E-state index is 9.89. The molecule has 1 unspecified atom stereocenters. The van der Waals surface area contributed by atoms with E-state index in [1.165, 1.54) is 11.1 Å². The minimum absolute atomic E-state index is 0.332. The second-order valence-electron chi connectivity index (χ2n) is 4.79. The van der Waals surface area contributed by atoms with E-state index in [0.29, 0.717) is 11.7 Å². The molecule has 0 saturated heterocycles. The summed E-state index contributed by atoms with van der Waals surface area (Å²) in [4.78, 5) is 0. The monoisotopic (exact) mass is 240 g/mol. The molecule has 0 saturated carbocycles. The van der Waals surface area contributed by atoms with E-state index in [9.17, 15) is 5.11 Å². The highest BCUT2D eigenvalue weighted by Gasteiger charge is 2.11. The maximum Gasteiger partial charge on any atom is 0.119 e. The average Bonchev–Trinajstić information content (AvgIpc) is 2.39. The van der Waals surface area contributed by atoms with Gasteiger partial charge in [-0.25, -0.2) is 0 Å². The lowest BCUT2D eigenvalue weighted by atomic mass is 9.90. The Balaban J connectivity index is 2.21. The lowest BCUT2D eigenvalue weighted by molar-refractivity contribution is 0.462. The topological polar surface area (TPSA) is 20.2 Å². The number of rotatable bonds is 4. The van der Waals surface area contributed by atoms with Gasteiger partial charge >= 0.3 is 0 Å². The van der Waals surface area contributed by atoms with Gasteiger partial charge in [-0.3, -0.25) is 0 Å². The van der Waals surface area contributed by atoms with Crippen LogP contribution in [0.4, 0.5) is 0 Å². The molecule has 0 aromatic heterocycles. The Morgan fingerprint density at radius 1 is 0.944 bits per heavy atom. The van der Waals surface area contributed by atoms with Crippen LogP contribution in [0.5, 0.6) is 5.75 Å². The zero-order valence-electron chi connectivity index (χ0n) is 11.1. The molecule has 1 N–H and O–H groups in total. The summed E-state index contributed by atoms with van der Waals surface area (Å²) < 4.78 is 0. The van der Waals surface area contributed by atoms with E-state index in [2.05, 4.69) is 38.1 Å². The average molecular weight is 240 g/mol. The second-order valence-corrected chi connectivity index (χ2v) is 4.79. The fraction of sp³-hybridized carbons (Fsp3) is 0.294. The Bertz CT molecular complexity index is 517. The Labute approximate surface area is 109 Å². The van der Waals surface area contributed by atoms with Gasteiger partial charge in [-0.2, -0.15) is 0 Å². The second kappa shape index (κ2) is 5.72. The van der Waals surface area contributed by atoms with Crippen molar-refractivity contribution in [1.29, 1.82) is 0 Å². The van der Waals surface area contributed by atoms with Crippen LogP contribution in [0.2, 0.25) is 0 Å². The van der Waals surface area contributed by atoms with Crippen molar-refractivity contribution in [2.24, 2.45) is 0 Å². The van der Waals surface area contributed by atoms with Crippen molar-refractivity contribution in [1.82, 2.24) is 0 Å². The number of para-hydroxylation sites is 1. The minimum Gasteiger partial charge on any atom is -0.508 e. The van der Waals surface area contributed by atoms with Crippen molar-refractivity contribution in [2.75, 3.05) is 0 Å². The first-order valence-corrected chi connectivity index (χ1v) is 6.57. The first-order valence-electron chi connectivity index (χ1n) is 6.57. The summed E-state index contributed by atoms with van der Waals surface area (Å²) in [6, 6.07) is 16.2. The fourth-order valence-electron chi connectivity index (χ4n) is 2.45. The lowest BCUT2D eigenvalue weighted by Crippen LogP contribution is -2.01. The quantitative estimate of drug-likeness (QED) is 0.844. The summed E-state index contributed by atoms with van der Waals surface area (Å²) in [6.07, 6.45) is 2.03. The Hall–Kier alpha value is -1.76. The highest BCUT2D eigenvalue weighted by Crippen LogP contribution is 2.28. The van der Waals surface area contributed by atoms with Crippen LogP contribution in [0.1, 0.15) is 36.5 Å². The van der Waals surface area contributed by atoms with Crippen LogP contribution in [0.25, 0.3) is 0 Å². The summed E-state index contributed by atoms with van der Waals surface area (Å²) in [5.41, 5.74) is 3.82. The fourth-order valence-corrected chi connectivity index (χ4v) is 2.45. The van der Waals surface area contributed by atoms with Gasteiger partial charge in [0.15, 0.2) is 0 Å². The number of phenols is 1. The van der Waals surface area contributed by atoms with E-state index >= 15 is 0 Å². The summed E-state index contributed by atoms with van der Waals surface area (Å²) in [7, 11) is 0. The highest BCUT2D eigenvalue weighted by molar-refractivity contribution is 5.37. The van der Waals surface area contributed by atoms with E-state index < -0.39 is 0 Å². The molecule has 94 valence electrons. The molecule has 2 rings (SSSR count). The Kier molecular flexibility index (Phi) is 4.03. The molecule has 0 aliphatic rings. The summed E-state index contributed by atoms with van der Waals surface area (Å²) in [6.45, 7) is 4.35. The number of aromatic hydroxyl groups is 1.